The first-order valence-electron chi connectivity index (χ1n) is 9.54. The van der Waals surface area contributed by atoms with Crippen LogP contribution in [0.3, 0.4) is 0 Å². The molecule has 2 atom stereocenters. The topological polar surface area (TPSA) is 77.4 Å². The molecule has 0 fully saturated rings. The summed E-state index contributed by atoms with van der Waals surface area (Å²) in [5, 5.41) is 8.77. The van der Waals surface area contributed by atoms with Gasteiger partial charge in [0.2, 0.25) is 0 Å². The minimum atomic E-state index is -4.12. The van der Waals surface area contributed by atoms with Crippen LogP contribution in [0, 0.1) is 0 Å². The van der Waals surface area contributed by atoms with Crippen LogP contribution in [0.1, 0.15) is 104 Å². The number of rotatable bonds is 16. The van der Waals surface area contributed by atoms with Crippen molar-refractivity contribution in [2.24, 2.45) is 0 Å². The monoisotopic (exact) mass is 388 g/mol. The van der Waals surface area contributed by atoms with Crippen molar-refractivity contribution in [3.8, 4) is 0 Å². The summed E-state index contributed by atoms with van der Waals surface area (Å²) in [7, 11) is -4.12. The first kappa shape index (κ1) is 27.7. The quantitative estimate of drug-likeness (QED) is 0.248. The van der Waals surface area contributed by atoms with Gasteiger partial charge in [-0.2, -0.15) is 0 Å². The van der Waals surface area contributed by atoms with E-state index >= 15 is 0 Å². The van der Waals surface area contributed by atoms with Crippen molar-refractivity contribution in [2.45, 2.75) is 115 Å². The van der Waals surface area contributed by atoms with E-state index in [9.17, 15) is 18.1 Å². The zero-order valence-corrected chi connectivity index (χ0v) is 20.1. The van der Waals surface area contributed by atoms with Gasteiger partial charge in [0.1, 0.15) is 0 Å². The second-order valence-electron chi connectivity index (χ2n) is 6.72. The molecule has 0 aromatic rings. The Balaban J connectivity index is 0. The zero-order chi connectivity index (χ0) is 17.6. The van der Waals surface area contributed by atoms with E-state index in [0.29, 0.717) is 12.8 Å². The first-order valence-corrected chi connectivity index (χ1v) is 11.0. The third kappa shape index (κ3) is 16.9. The predicted molar refractivity (Wildman–Crippen MR) is 95.5 cm³/mol. The van der Waals surface area contributed by atoms with Crippen molar-refractivity contribution in [2.75, 3.05) is 0 Å². The Kier molecular flexibility index (Phi) is 20.7. The molecule has 2 unspecified atom stereocenters. The van der Waals surface area contributed by atoms with Gasteiger partial charge in [-0.05, 0) is 25.7 Å². The Morgan fingerprint density at radius 1 is 0.792 bits per heavy atom. The molecule has 0 aromatic heterocycles. The van der Waals surface area contributed by atoms with Gasteiger partial charge < -0.3 is 9.66 Å². The molecule has 4 nitrogen and oxygen atoms in total. The van der Waals surface area contributed by atoms with Crippen molar-refractivity contribution in [3.63, 3.8) is 0 Å². The Bertz CT molecular complexity index is 360. The fourth-order valence-corrected chi connectivity index (χ4v) is 3.79. The van der Waals surface area contributed by atoms with E-state index in [0.717, 1.165) is 51.4 Å². The van der Waals surface area contributed by atoms with Crippen molar-refractivity contribution in [1.29, 1.82) is 0 Å². The van der Waals surface area contributed by atoms with E-state index in [1.807, 2.05) is 13.8 Å². The Morgan fingerprint density at radius 2 is 1.21 bits per heavy atom. The van der Waals surface area contributed by atoms with E-state index in [-0.39, 0.29) is 57.5 Å². The maximum atomic E-state index is 11.2. The van der Waals surface area contributed by atoms with Crippen LogP contribution >= 0.6 is 0 Å². The summed E-state index contributed by atoms with van der Waals surface area (Å²) in [6, 6.07) is 0. The van der Waals surface area contributed by atoms with E-state index in [2.05, 4.69) is 0 Å². The van der Waals surface area contributed by atoms with Gasteiger partial charge in [0.05, 0.1) is 16.2 Å². The van der Waals surface area contributed by atoms with Gasteiger partial charge in [-0.1, -0.05) is 78.1 Å². The largest absolute Gasteiger partial charge is 1.00 e. The molecule has 0 rings (SSSR count). The number of unbranched alkanes of at least 4 members (excludes halogenated alkanes) is 8. The van der Waals surface area contributed by atoms with Gasteiger partial charge in [0.25, 0.3) is 0 Å². The number of aliphatic hydroxyl groups excluding tert-OH is 1. The van der Waals surface area contributed by atoms with E-state index < -0.39 is 15.4 Å². The molecule has 0 amide bonds. The number of hydrogen-bond acceptors (Lipinski definition) is 4. The molecule has 0 saturated carbocycles. The molecule has 0 spiro atoms. The SMILES string of the molecule is CCCCC(CCCCCCCCCCC(O)CC)S(=O)(=O)[O-].[K+]. The molecular weight excluding hydrogens is 351 g/mol. The molecule has 0 aliphatic rings. The predicted octanol–water partition coefficient (Wildman–Crippen LogP) is 1.77. The normalized spacial score (nSPS) is 14.2. The molecule has 0 radical (unpaired) electrons. The molecule has 0 heterocycles. The van der Waals surface area contributed by atoms with Crippen molar-refractivity contribution >= 4 is 10.1 Å². The summed E-state index contributed by atoms with van der Waals surface area (Å²) < 4.78 is 33.6. The average Bonchev–Trinajstić information content (AvgIpc) is 2.50. The van der Waals surface area contributed by atoms with Crippen molar-refractivity contribution < 1.29 is 69.5 Å². The second-order valence-corrected chi connectivity index (χ2v) is 8.38. The van der Waals surface area contributed by atoms with Crippen LogP contribution in [0.2, 0.25) is 0 Å². The summed E-state index contributed by atoms with van der Waals surface area (Å²) in [4.78, 5) is 0. The fourth-order valence-electron chi connectivity index (χ4n) is 2.88. The Hall–Kier alpha value is 1.51. The van der Waals surface area contributed by atoms with Crippen molar-refractivity contribution in [1.82, 2.24) is 0 Å². The average molecular weight is 389 g/mol. The van der Waals surface area contributed by atoms with Gasteiger partial charge in [-0.25, -0.2) is 8.42 Å². The van der Waals surface area contributed by atoms with Gasteiger partial charge in [-0.15, -0.1) is 0 Å². The van der Waals surface area contributed by atoms with Crippen LogP contribution in [0.4, 0.5) is 0 Å². The first-order chi connectivity index (χ1) is 10.9. The van der Waals surface area contributed by atoms with Crippen LogP contribution < -0.4 is 51.4 Å². The van der Waals surface area contributed by atoms with Gasteiger partial charge in [0, 0.05) is 5.25 Å². The summed E-state index contributed by atoms with van der Waals surface area (Å²) in [6.45, 7) is 4.02. The van der Waals surface area contributed by atoms with Crippen LogP contribution in [-0.2, 0) is 10.1 Å². The van der Waals surface area contributed by atoms with Gasteiger partial charge >= 0.3 is 51.4 Å². The standard InChI is InChI=1S/C18H38O4S.K/c1-3-5-15-18(23(20,21)22)16-13-11-9-7-6-8-10-12-14-17(19)4-2;/h17-19H,3-16H2,1-2H3,(H,20,21,22);/q;+1/p-1. The number of aliphatic hydroxyl groups is 1. The maximum Gasteiger partial charge on any atom is 1.00 e. The zero-order valence-electron chi connectivity index (χ0n) is 16.1. The van der Waals surface area contributed by atoms with Crippen LogP contribution in [0.15, 0.2) is 0 Å². The smallest absolute Gasteiger partial charge is 0.748 e. The number of hydrogen-bond donors (Lipinski definition) is 1. The Morgan fingerprint density at radius 3 is 1.62 bits per heavy atom. The molecule has 6 heteroatoms. The molecule has 0 aliphatic carbocycles. The minimum Gasteiger partial charge on any atom is -0.748 e. The molecule has 140 valence electrons. The molecular formula is C18H37KO4S. The molecule has 0 saturated heterocycles. The van der Waals surface area contributed by atoms with Crippen molar-refractivity contribution in [3.05, 3.63) is 0 Å². The summed E-state index contributed by atoms with van der Waals surface area (Å²) in [6.07, 6.45) is 13.3. The summed E-state index contributed by atoms with van der Waals surface area (Å²) in [5.74, 6) is 0. The summed E-state index contributed by atoms with van der Waals surface area (Å²) in [5.41, 5.74) is 0. The third-order valence-electron chi connectivity index (χ3n) is 4.57. The Labute approximate surface area is 192 Å². The van der Waals surface area contributed by atoms with Crippen LogP contribution in [0.5, 0.6) is 0 Å². The molecule has 1 N–H and O–H groups in total. The molecule has 24 heavy (non-hydrogen) atoms. The van der Waals surface area contributed by atoms with Gasteiger partial charge in [-0.3, -0.25) is 0 Å². The fraction of sp³-hybridized carbons (Fsp3) is 1.00. The van der Waals surface area contributed by atoms with E-state index in [4.69, 9.17) is 0 Å². The third-order valence-corrected chi connectivity index (χ3v) is 5.86. The van der Waals surface area contributed by atoms with Crippen LogP contribution in [-0.4, -0.2) is 29.4 Å². The van der Waals surface area contributed by atoms with E-state index in [1.54, 1.807) is 0 Å². The summed E-state index contributed by atoms with van der Waals surface area (Å²) >= 11 is 0. The minimum absolute atomic E-state index is 0. The van der Waals surface area contributed by atoms with E-state index in [1.165, 1.54) is 25.7 Å². The maximum absolute atomic E-state index is 11.2. The molecule has 0 bridgehead atoms. The second kappa shape index (κ2) is 17.9. The van der Waals surface area contributed by atoms with Crippen LogP contribution in [0.25, 0.3) is 0 Å². The van der Waals surface area contributed by atoms with Gasteiger partial charge in [0.15, 0.2) is 0 Å². The molecule has 0 aliphatic heterocycles. The molecule has 0 aromatic carbocycles.